The van der Waals surface area contributed by atoms with Crippen LogP contribution in [0.1, 0.15) is 13.3 Å². The quantitative estimate of drug-likeness (QED) is 0.881. The number of anilines is 1. The third-order valence-electron chi connectivity index (χ3n) is 2.56. The van der Waals surface area contributed by atoms with Crippen LogP contribution in [0.15, 0.2) is 41.1 Å². The minimum Gasteiger partial charge on any atom is -0.480 e. The van der Waals surface area contributed by atoms with Gasteiger partial charge in [0.2, 0.25) is 0 Å². The van der Waals surface area contributed by atoms with Crippen molar-refractivity contribution in [3.63, 3.8) is 0 Å². The zero-order valence-electron chi connectivity index (χ0n) is 11.2. The fraction of sp³-hybridized carbons (Fsp3) is 0.286. The zero-order chi connectivity index (χ0) is 14.4. The number of nitrogens with one attached hydrogen (secondary N) is 1. The molecule has 0 aliphatic carbocycles. The molecule has 0 atom stereocenters. The molecule has 106 valence electrons. The minimum absolute atomic E-state index is 0.0338. The van der Waals surface area contributed by atoms with Gasteiger partial charge in [0.1, 0.15) is 0 Å². The number of carbonyl (C=O) groups excluding carboxylic acids is 1. The highest BCUT2D eigenvalue weighted by Gasteiger charge is 2.05. The number of hydrogen-bond donors (Lipinski definition) is 1. The predicted molar refractivity (Wildman–Crippen MR) is 80.8 cm³/mol. The van der Waals surface area contributed by atoms with Gasteiger partial charge in [-0.3, -0.25) is 9.48 Å². The number of aryl methyl sites for hydroxylation is 1. The van der Waals surface area contributed by atoms with Crippen LogP contribution in [0.3, 0.4) is 0 Å². The van der Waals surface area contributed by atoms with Crippen LogP contribution < -0.4 is 10.1 Å². The second-order valence-electron chi connectivity index (χ2n) is 4.28. The average molecular weight is 338 g/mol. The van der Waals surface area contributed by atoms with E-state index in [1.165, 1.54) is 0 Å². The van der Waals surface area contributed by atoms with Crippen molar-refractivity contribution in [3.8, 4) is 5.75 Å². The summed E-state index contributed by atoms with van der Waals surface area (Å²) in [5, 5.41) is 6.89. The molecule has 2 aromatic rings. The first-order valence-electron chi connectivity index (χ1n) is 6.38. The van der Waals surface area contributed by atoms with Crippen molar-refractivity contribution in [1.29, 1.82) is 0 Å². The summed E-state index contributed by atoms with van der Waals surface area (Å²) in [4.78, 5) is 11.7. The molecule has 2 rings (SSSR count). The number of aromatic nitrogens is 2. The third-order valence-corrected chi connectivity index (χ3v) is 3.09. The standard InChI is InChI=1S/C14H16BrN3O2/c1-2-7-18-9-13(8-16-18)20-10-14(19)17-12-5-3-11(15)4-6-12/h3-6,8-9H,2,7,10H2,1H3,(H,17,19). The first-order valence-corrected chi connectivity index (χ1v) is 7.17. The number of ether oxygens (including phenoxy) is 1. The van der Waals surface area contributed by atoms with Gasteiger partial charge in [0, 0.05) is 16.7 Å². The number of rotatable bonds is 6. The highest BCUT2D eigenvalue weighted by atomic mass is 79.9. The van der Waals surface area contributed by atoms with E-state index in [0.29, 0.717) is 5.75 Å². The van der Waals surface area contributed by atoms with E-state index >= 15 is 0 Å². The van der Waals surface area contributed by atoms with Crippen LogP contribution in [0.5, 0.6) is 5.75 Å². The number of amides is 1. The van der Waals surface area contributed by atoms with Crippen LogP contribution in [0.25, 0.3) is 0 Å². The molecule has 0 radical (unpaired) electrons. The average Bonchev–Trinajstić information content (AvgIpc) is 2.87. The number of benzene rings is 1. The topological polar surface area (TPSA) is 56.1 Å². The number of carbonyl (C=O) groups is 1. The van der Waals surface area contributed by atoms with Gasteiger partial charge in [-0.15, -0.1) is 0 Å². The van der Waals surface area contributed by atoms with E-state index in [0.717, 1.165) is 23.1 Å². The Labute approximate surface area is 126 Å². The third kappa shape index (κ3) is 4.38. The Kier molecular flexibility index (Phi) is 5.17. The fourth-order valence-electron chi connectivity index (χ4n) is 1.65. The van der Waals surface area contributed by atoms with Crippen LogP contribution in [-0.4, -0.2) is 22.3 Å². The van der Waals surface area contributed by atoms with E-state index < -0.39 is 0 Å². The SMILES string of the molecule is CCCn1cc(OCC(=O)Nc2ccc(Br)cc2)cn1. The Hall–Kier alpha value is -1.82. The highest BCUT2D eigenvalue weighted by molar-refractivity contribution is 9.10. The van der Waals surface area contributed by atoms with E-state index in [1.807, 2.05) is 24.3 Å². The fourth-order valence-corrected chi connectivity index (χ4v) is 1.91. The predicted octanol–water partition coefficient (Wildman–Crippen LogP) is 3.07. The Balaban J connectivity index is 1.80. The molecule has 1 aromatic carbocycles. The first kappa shape index (κ1) is 14.6. The van der Waals surface area contributed by atoms with E-state index in [-0.39, 0.29) is 12.5 Å². The van der Waals surface area contributed by atoms with Crippen LogP contribution in [0.2, 0.25) is 0 Å². The van der Waals surface area contributed by atoms with Gasteiger partial charge in [-0.25, -0.2) is 0 Å². The largest absolute Gasteiger partial charge is 0.480 e. The minimum atomic E-state index is -0.199. The molecule has 0 saturated heterocycles. The monoisotopic (exact) mass is 337 g/mol. The van der Waals surface area contributed by atoms with Gasteiger partial charge in [-0.1, -0.05) is 22.9 Å². The van der Waals surface area contributed by atoms with Crippen molar-refractivity contribution < 1.29 is 9.53 Å². The smallest absolute Gasteiger partial charge is 0.262 e. The summed E-state index contributed by atoms with van der Waals surface area (Å²) >= 11 is 3.34. The molecule has 1 aromatic heterocycles. The lowest BCUT2D eigenvalue weighted by molar-refractivity contribution is -0.118. The molecule has 0 aliphatic heterocycles. The summed E-state index contributed by atoms with van der Waals surface area (Å²) in [6.45, 7) is 2.89. The van der Waals surface area contributed by atoms with E-state index in [2.05, 4.69) is 33.3 Å². The first-order chi connectivity index (χ1) is 9.67. The van der Waals surface area contributed by atoms with Gasteiger partial charge in [-0.05, 0) is 30.7 Å². The summed E-state index contributed by atoms with van der Waals surface area (Å²) in [5.74, 6) is 0.403. The van der Waals surface area contributed by atoms with Crippen molar-refractivity contribution in [2.75, 3.05) is 11.9 Å². The molecule has 0 bridgehead atoms. The van der Waals surface area contributed by atoms with E-state index in [4.69, 9.17) is 4.74 Å². The molecule has 1 heterocycles. The molecule has 0 aliphatic rings. The summed E-state index contributed by atoms with van der Waals surface area (Å²) in [6.07, 6.45) is 4.41. The molecule has 5 nitrogen and oxygen atoms in total. The summed E-state index contributed by atoms with van der Waals surface area (Å²) < 4.78 is 8.15. The zero-order valence-corrected chi connectivity index (χ0v) is 12.8. The van der Waals surface area contributed by atoms with Gasteiger partial charge in [0.05, 0.1) is 12.4 Å². The van der Waals surface area contributed by atoms with Gasteiger partial charge < -0.3 is 10.1 Å². The van der Waals surface area contributed by atoms with Crippen molar-refractivity contribution in [3.05, 3.63) is 41.1 Å². The Morgan fingerprint density at radius 1 is 1.40 bits per heavy atom. The molecular weight excluding hydrogens is 322 g/mol. The molecule has 1 N–H and O–H groups in total. The molecule has 1 amide bonds. The number of halogens is 1. The van der Waals surface area contributed by atoms with Gasteiger partial charge >= 0.3 is 0 Å². The second kappa shape index (κ2) is 7.09. The molecule has 20 heavy (non-hydrogen) atoms. The Morgan fingerprint density at radius 3 is 2.85 bits per heavy atom. The van der Waals surface area contributed by atoms with Crippen molar-refractivity contribution in [2.24, 2.45) is 0 Å². The molecule has 0 fully saturated rings. The summed E-state index contributed by atoms with van der Waals surface area (Å²) in [6, 6.07) is 7.37. The lowest BCUT2D eigenvalue weighted by Gasteiger charge is -2.06. The molecule has 6 heteroatoms. The molecular formula is C14H16BrN3O2. The van der Waals surface area contributed by atoms with Gasteiger partial charge in [-0.2, -0.15) is 5.10 Å². The normalized spacial score (nSPS) is 10.3. The summed E-state index contributed by atoms with van der Waals surface area (Å²) in [5.41, 5.74) is 0.739. The van der Waals surface area contributed by atoms with Gasteiger partial charge in [0.15, 0.2) is 12.4 Å². The highest BCUT2D eigenvalue weighted by Crippen LogP contribution is 2.14. The maximum atomic E-state index is 11.7. The van der Waals surface area contributed by atoms with Gasteiger partial charge in [0.25, 0.3) is 5.91 Å². The number of nitrogens with zero attached hydrogens (tertiary/aromatic N) is 2. The second-order valence-corrected chi connectivity index (χ2v) is 5.20. The van der Waals surface area contributed by atoms with Crippen molar-refractivity contribution in [2.45, 2.75) is 19.9 Å². The van der Waals surface area contributed by atoms with Crippen LogP contribution in [0.4, 0.5) is 5.69 Å². The lowest BCUT2D eigenvalue weighted by atomic mass is 10.3. The maximum Gasteiger partial charge on any atom is 0.262 e. The number of hydrogen-bond acceptors (Lipinski definition) is 3. The van der Waals surface area contributed by atoms with Crippen molar-refractivity contribution in [1.82, 2.24) is 9.78 Å². The molecule has 0 saturated carbocycles. The lowest BCUT2D eigenvalue weighted by Crippen LogP contribution is -2.19. The van der Waals surface area contributed by atoms with Crippen LogP contribution in [-0.2, 0) is 11.3 Å². The van der Waals surface area contributed by atoms with Crippen LogP contribution >= 0.6 is 15.9 Å². The molecule has 0 unspecified atom stereocenters. The maximum absolute atomic E-state index is 11.7. The van der Waals surface area contributed by atoms with E-state index in [9.17, 15) is 4.79 Å². The Morgan fingerprint density at radius 2 is 2.15 bits per heavy atom. The van der Waals surface area contributed by atoms with Crippen molar-refractivity contribution >= 4 is 27.5 Å². The van der Waals surface area contributed by atoms with Crippen LogP contribution in [0, 0.1) is 0 Å². The molecule has 0 spiro atoms. The van der Waals surface area contributed by atoms with E-state index in [1.54, 1.807) is 17.1 Å². The Bertz CT molecular complexity index is 566. The summed E-state index contributed by atoms with van der Waals surface area (Å²) in [7, 11) is 0.